The van der Waals surface area contributed by atoms with Crippen LogP contribution < -0.4 is 4.74 Å². The van der Waals surface area contributed by atoms with Gasteiger partial charge < -0.3 is 4.74 Å². The lowest BCUT2D eigenvalue weighted by molar-refractivity contribution is -0.0494. The zero-order chi connectivity index (χ0) is 14.1. The molecule has 20 heavy (non-hydrogen) atoms. The molecule has 0 aliphatic rings. The minimum Gasteiger partial charge on any atom is -0.434 e. The summed E-state index contributed by atoms with van der Waals surface area (Å²) < 4.78 is 30.9. The molecule has 102 valence electrons. The molecule has 5 nitrogen and oxygen atoms in total. The van der Waals surface area contributed by atoms with Crippen LogP contribution in [0, 0.1) is 0 Å². The van der Waals surface area contributed by atoms with Crippen LogP contribution in [0.5, 0.6) is 5.75 Å². The first-order valence-corrected chi connectivity index (χ1v) is 5.93. The molecule has 0 saturated carbocycles. The Morgan fingerprint density at radius 3 is 2.75 bits per heavy atom. The third-order valence-corrected chi connectivity index (χ3v) is 2.88. The largest absolute Gasteiger partial charge is 0.434 e. The Morgan fingerprint density at radius 2 is 1.95 bits per heavy atom. The van der Waals surface area contributed by atoms with E-state index in [9.17, 15) is 8.78 Å². The normalized spacial score (nSPS) is 11.2. The number of hydrogen-bond donors (Lipinski definition) is 0. The van der Waals surface area contributed by atoms with Crippen molar-refractivity contribution in [2.24, 2.45) is 0 Å². The molecule has 0 unspecified atom stereocenters. The summed E-state index contributed by atoms with van der Waals surface area (Å²) >= 11 is 6.04. The molecule has 0 radical (unpaired) electrons. The van der Waals surface area contributed by atoms with Crippen molar-refractivity contribution in [3.8, 4) is 17.1 Å². The van der Waals surface area contributed by atoms with Crippen molar-refractivity contribution in [3.05, 3.63) is 41.8 Å². The molecule has 0 saturated heterocycles. The molecule has 1 aromatic carbocycles. The van der Waals surface area contributed by atoms with Gasteiger partial charge in [-0.3, -0.25) is 9.38 Å². The third kappa shape index (κ3) is 2.16. The van der Waals surface area contributed by atoms with Gasteiger partial charge in [0.2, 0.25) is 0 Å². The lowest BCUT2D eigenvalue weighted by atomic mass is 10.2. The molecule has 0 aliphatic heterocycles. The quantitative estimate of drug-likeness (QED) is 0.745. The van der Waals surface area contributed by atoms with Gasteiger partial charge in [0.1, 0.15) is 10.9 Å². The van der Waals surface area contributed by atoms with Crippen LogP contribution in [0.2, 0.25) is 5.15 Å². The van der Waals surface area contributed by atoms with Crippen LogP contribution in [0.25, 0.3) is 17.0 Å². The monoisotopic (exact) mass is 296 g/mol. The zero-order valence-corrected chi connectivity index (χ0v) is 10.6. The van der Waals surface area contributed by atoms with E-state index in [0.29, 0.717) is 17.0 Å². The number of fused-ring (bicyclic) bond motifs is 1. The molecule has 0 bridgehead atoms. The van der Waals surface area contributed by atoms with Crippen LogP contribution in [0.1, 0.15) is 0 Å². The highest BCUT2D eigenvalue weighted by atomic mass is 35.5. The lowest BCUT2D eigenvalue weighted by Crippen LogP contribution is -2.04. The first kappa shape index (κ1) is 12.7. The van der Waals surface area contributed by atoms with E-state index >= 15 is 0 Å². The number of ether oxygens (including phenoxy) is 1. The number of nitrogens with zero attached hydrogens (tertiary/aromatic N) is 4. The van der Waals surface area contributed by atoms with Gasteiger partial charge in [-0.05, 0) is 12.1 Å². The van der Waals surface area contributed by atoms with Crippen molar-refractivity contribution in [3.63, 3.8) is 0 Å². The molecule has 0 amide bonds. The summed E-state index contributed by atoms with van der Waals surface area (Å²) in [5, 5.41) is 8.13. The number of halogens is 3. The van der Waals surface area contributed by atoms with Crippen molar-refractivity contribution in [1.82, 2.24) is 19.6 Å². The predicted molar refractivity (Wildman–Crippen MR) is 67.9 cm³/mol. The lowest BCUT2D eigenvalue weighted by Gasteiger charge is -2.09. The number of benzene rings is 1. The average Bonchev–Trinajstić information content (AvgIpc) is 2.84. The Morgan fingerprint density at radius 1 is 1.15 bits per heavy atom. The number of aromatic nitrogens is 4. The Hall–Kier alpha value is -2.28. The van der Waals surface area contributed by atoms with E-state index in [0.717, 1.165) is 0 Å². The van der Waals surface area contributed by atoms with Crippen molar-refractivity contribution < 1.29 is 13.5 Å². The van der Waals surface area contributed by atoms with Crippen LogP contribution in [-0.2, 0) is 0 Å². The molecule has 0 aliphatic carbocycles. The first-order chi connectivity index (χ1) is 9.66. The molecular formula is C12H7ClF2N4O. The maximum absolute atomic E-state index is 12.4. The predicted octanol–water partition coefficient (Wildman–Crippen LogP) is 3.05. The van der Waals surface area contributed by atoms with Crippen LogP contribution in [-0.4, -0.2) is 26.2 Å². The van der Waals surface area contributed by atoms with Gasteiger partial charge in [0.15, 0.2) is 11.5 Å². The molecule has 0 fully saturated rings. The maximum Gasteiger partial charge on any atom is 0.387 e. The van der Waals surface area contributed by atoms with Crippen molar-refractivity contribution in [1.29, 1.82) is 0 Å². The standard InChI is InChI=1S/C12H7ClF2N4O/c13-9-5-16-6-10-17-18-11(19(9)10)7-3-1-2-4-8(7)20-12(14)15/h1-6,12H. The second-order valence-corrected chi connectivity index (χ2v) is 4.21. The van der Waals surface area contributed by atoms with Gasteiger partial charge in [-0.15, -0.1) is 10.2 Å². The smallest absolute Gasteiger partial charge is 0.387 e. The summed E-state index contributed by atoms with van der Waals surface area (Å²) in [6.45, 7) is -2.92. The van der Waals surface area contributed by atoms with Crippen LogP contribution in [0.15, 0.2) is 36.7 Å². The van der Waals surface area contributed by atoms with E-state index in [1.54, 1.807) is 18.2 Å². The fourth-order valence-electron chi connectivity index (χ4n) is 1.84. The van der Waals surface area contributed by atoms with Crippen molar-refractivity contribution >= 4 is 17.2 Å². The van der Waals surface area contributed by atoms with Gasteiger partial charge in [0, 0.05) is 0 Å². The average molecular weight is 297 g/mol. The highest BCUT2D eigenvalue weighted by Gasteiger charge is 2.17. The number of rotatable bonds is 3. The Kier molecular flexibility index (Phi) is 3.19. The van der Waals surface area contributed by atoms with Gasteiger partial charge in [-0.25, -0.2) is 0 Å². The van der Waals surface area contributed by atoms with Crippen LogP contribution in [0.3, 0.4) is 0 Å². The molecule has 8 heteroatoms. The highest BCUT2D eigenvalue weighted by molar-refractivity contribution is 6.29. The summed E-state index contributed by atoms with van der Waals surface area (Å²) in [5.41, 5.74) is 0.785. The Balaban J connectivity index is 2.21. The number of para-hydroxylation sites is 1. The van der Waals surface area contributed by atoms with E-state index in [1.807, 2.05) is 0 Å². The van der Waals surface area contributed by atoms with Crippen LogP contribution >= 0.6 is 11.6 Å². The SMILES string of the molecule is FC(F)Oc1ccccc1-c1nnc2cncc(Cl)n12. The van der Waals surface area contributed by atoms with Gasteiger partial charge in [-0.2, -0.15) is 8.78 Å². The van der Waals surface area contributed by atoms with Gasteiger partial charge in [-0.1, -0.05) is 23.7 Å². The number of hydrogen-bond acceptors (Lipinski definition) is 4. The fraction of sp³-hybridized carbons (Fsp3) is 0.0833. The second kappa shape index (κ2) is 5.01. The molecular weight excluding hydrogens is 290 g/mol. The molecule has 2 heterocycles. The highest BCUT2D eigenvalue weighted by Crippen LogP contribution is 2.31. The molecule has 0 spiro atoms. The van der Waals surface area contributed by atoms with Gasteiger partial charge >= 0.3 is 6.61 Å². The molecule has 0 atom stereocenters. The minimum atomic E-state index is -2.92. The van der Waals surface area contributed by atoms with E-state index in [1.165, 1.54) is 22.9 Å². The zero-order valence-electron chi connectivity index (χ0n) is 9.87. The van der Waals surface area contributed by atoms with E-state index in [4.69, 9.17) is 11.6 Å². The van der Waals surface area contributed by atoms with Gasteiger partial charge in [0.25, 0.3) is 0 Å². The maximum atomic E-state index is 12.4. The summed E-state index contributed by atoms with van der Waals surface area (Å²) in [4.78, 5) is 3.88. The molecule has 2 aromatic heterocycles. The minimum absolute atomic E-state index is 0.00433. The summed E-state index contributed by atoms with van der Waals surface area (Å²) in [6, 6.07) is 6.31. The third-order valence-electron chi connectivity index (χ3n) is 2.62. The topological polar surface area (TPSA) is 52.3 Å². The number of alkyl halides is 2. The second-order valence-electron chi connectivity index (χ2n) is 3.82. The Labute approximate surface area is 116 Å². The fourth-order valence-corrected chi connectivity index (χ4v) is 2.06. The van der Waals surface area contributed by atoms with E-state index in [2.05, 4.69) is 19.9 Å². The van der Waals surface area contributed by atoms with E-state index < -0.39 is 6.61 Å². The summed E-state index contributed by atoms with van der Waals surface area (Å²) in [7, 11) is 0. The first-order valence-electron chi connectivity index (χ1n) is 5.55. The van der Waals surface area contributed by atoms with Crippen LogP contribution in [0.4, 0.5) is 8.78 Å². The van der Waals surface area contributed by atoms with Gasteiger partial charge in [0.05, 0.1) is 18.0 Å². The van der Waals surface area contributed by atoms with Crippen molar-refractivity contribution in [2.75, 3.05) is 0 Å². The van der Waals surface area contributed by atoms with E-state index in [-0.39, 0.29) is 10.9 Å². The van der Waals surface area contributed by atoms with Crippen molar-refractivity contribution in [2.45, 2.75) is 6.61 Å². The summed E-state index contributed by atoms with van der Waals surface area (Å²) in [6.07, 6.45) is 2.89. The Bertz CT molecular complexity index is 762. The molecule has 0 N–H and O–H groups in total. The molecule has 3 aromatic rings. The summed E-state index contributed by atoms with van der Waals surface area (Å²) in [5.74, 6) is 0.313. The molecule has 3 rings (SSSR count).